The number of hydrogen-bond acceptors (Lipinski definition) is 0. The first-order chi connectivity index (χ1) is 3.68. The van der Waals surface area contributed by atoms with Gasteiger partial charge in [0.15, 0.2) is 0 Å². The van der Waals surface area contributed by atoms with E-state index >= 15 is 0 Å². The first-order valence-corrected chi connectivity index (χ1v) is 11.5. The van der Waals surface area contributed by atoms with Crippen LogP contribution in [0, 0.1) is 0 Å². The second kappa shape index (κ2) is 3.77. The van der Waals surface area contributed by atoms with Crippen molar-refractivity contribution in [1.82, 2.24) is 0 Å². The third kappa shape index (κ3) is 2.39. The van der Waals surface area contributed by atoms with Crippen molar-refractivity contribution in [2.75, 3.05) is 0 Å². The molecule has 0 bridgehead atoms. The van der Waals surface area contributed by atoms with Gasteiger partial charge in [0, 0.05) is 0 Å². The van der Waals surface area contributed by atoms with Crippen LogP contribution in [-0.4, -0.2) is 18.8 Å². The van der Waals surface area contributed by atoms with E-state index in [1.54, 1.807) is 0 Å². The summed E-state index contributed by atoms with van der Waals surface area (Å²) in [6.07, 6.45) is 0. The van der Waals surface area contributed by atoms with Crippen LogP contribution in [0.5, 0.6) is 0 Å². The van der Waals surface area contributed by atoms with Crippen molar-refractivity contribution in [3.63, 3.8) is 0 Å². The number of rotatable bonds is 3. The maximum atomic E-state index is 2.55. The zero-order valence-electron chi connectivity index (χ0n) is 6.57. The van der Waals surface area contributed by atoms with Crippen LogP contribution in [0.3, 0.4) is 0 Å². The van der Waals surface area contributed by atoms with Crippen molar-refractivity contribution >= 4 is 18.8 Å². The van der Waals surface area contributed by atoms with Crippen molar-refractivity contribution in [3.05, 3.63) is 0 Å². The third-order valence-corrected chi connectivity index (χ3v) is 15.4. The second-order valence-electron chi connectivity index (χ2n) is 2.57. The van der Waals surface area contributed by atoms with E-state index < -0.39 is 18.8 Å². The summed E-state index contributed by atoms with van der Waals surface area (Å²) in [6.45, 7) is 7.08. The van der Waals surface area contributed by atoms with E-state index in [1.165, 1.54) is 13.1 Å². The minimum atomic E-state index is -1.24. The van der Waals surface area contributed by atoms with Gasteiger partial charge in [-0.05, 0) is 0 Å². The summed E-state index contributed by atoms with van der Waals surface area (Å²) in [6, 6.07) is 0. The fourth-order valence-electron chi connectivity index (χ4n) is 0.671. The Kier molecular flexibility index (Phi) is 4.16. The van der Waals surface area contributed by atoms with E-state index in [2.05, 4.69) is 25.6 Å². The van der Waals surface area contributed by atoms with E-state index in [0.717, 1.165) is 0 Å². The first-order valence-electron chi connectivity index (χ1n) is 3.52. The van der Waals surface area contributed by atoms with Gasteiger partial charge >= 0.3 is 57.5 Å². The first kappa shape index (κ1) is 8.82. The van der Waals surface area contributed by atoms with Crippen molar-refractivity contribution in [2.24, 2.45) is 0 Å². The summed E-state index contributed by atoms with van der Waals surface area (Å²) in [4.78, 5) is 2.55. The molecule has 0 rings (SSSR count). The Hall–Kier alpha value is 0.818. The molecule has 0 N–H and O–H groups in total. The van der Waals surface area contributed by atoms with Gasteiger partial charge in [-0.25, -0.2) is 0 Å². The zero-order chi connectivity index (χ0) is 6.62. The summed E-state index contributed by atoms with van der Waals surface area (Å²) < 4.78 is 4.56. The Morgan fingerprint density at radius 1 is 0.875 bits per heavy atom. The van der Waals surface area contributed by atoms with Crippen LogP contribution in [0.15, 0.2) is 0 Å². The van der Waals surface area contributed by atoms with Gasteiger partial charge in [0.05, 0.1) is 0 Å². The van der Waals surface area contributed by atoms with E-state index in [1.807, 2.05) is 0 Å². The van der Waals surface area contributed by atoms with Gasteiger partial charge < -0.3 is 0 Å². The molecule has 8 heavy (non-hydrogen) atoms. The van der Waals surface area contributed by atoms with Gasteiger partial charge in [-0.3, -0.25) is 0 Å². The van der Waals surface area contributed by atoms with Gasteiger partial charge in [-0.1, -0.05) is 0 Å². The Morgan fingerprint density at radius 2 is 1.12 bits per heavy atom. The van der Waals surface area contributed by atoms with Crippen LogP contribution >= 0.6 is 0 Å². The molecule has 0 aliphatic heterocycles. The molecule has 0 unspecified atom stereocenters. The van der Waals surface area contributed by atoms with Crippen LogP contribution < -0.4 is 0 Å². The molecule has 0 aliphatic carbocycles. The Labute approximate surface area is 57.7 Å². The molecule has 1 heteroatoms. The summed E-state index contributed by atoms with van der Waals surface area (Å²) >= 11 is -1.24. The molecule has 0 nitrogen and oxygen atoms in total. The Balaban J connectivity index is 3.58. The molecule has 0 aromatic rings. The summed E-state index contributed by atoms with van der Waals surface area (Å²) in [5, 5.41) is 0. The molecule has 0 aliphatic rings. The normalized spacial score (nSPS) is 12.0. The molecule has 0 saturated heterocycles. The molecule has 0 heterocycles. The molecule has 0 radical (unpaired) electrons. The summed E-state index contributed by atoms with van der Waals surface area (Å²) in [5.41, 5.74) is 0. The van der Waals surface area contributed by atoms with E-state index in [-0.39, 0.29) is 0 Å². The maximum absolute atomic E-state index is 2.55. The van der Waals surface area contributed by atoms with Crippen LogP contribution in [0.1, 0.15) is 20.8 Å². The predicted octanol–water partition coefficient (Wildman–Crippen LogP) is 3.12. The van der Waals surface area contributed by atoms with Crippen LogP contribution in [-0.2, 0) is 0 Å². The SMILES string of the molecule is C[CH2][Sb+]([CH3])([CH2]C)[CH2]C. The fourth-order valence-corrected chi connectivity index (χ4v) is 4.50. The van der Waals surface area contributed by atoms with E-state index in [0.29, 0.717) is 0 Å². The number of hydrogen-bond donors (Lipinski definition) is 0. The van der Waals surface area contributed by atoms with Crippen LogP contribution in [0.2, 0.25) is 18.0 Å². The van der Waals surface area contributed by atoms with Crippen LogP contribution in [0.4, 0.5) is 0 Å². The molecule has 0 aromatic heterocycles. The molecule has 50 valence electrons. The summed E-state index contributed by atoms with van der Waals surface area (Å²) in [5.74, 6) is 0. The van der Waals surface area contributed by atoms with Gasteiger partial charge in [-0.2, -0.15) is 0 Å². The third-order valence-electron chi connectivity index (χ3n) is 2.29. The standard InChI is InChI=1S/3C2H5.CH3.Sb/c3*1-2;;/h3*1H2,2H3;1H3;/q;;;;+1. The minimum absolute atomic E-state index is 1.24. The second-order valence-corrected chi connectivity index (χ2v) is 17.2. The molecule has 0 atom stereocenters. The monoisotopic (exact) mass is 223 g/mol. The van der Waals surface area contributed by atoms with E-state index in [4.69, 9.17) is 0 Å². The topological polar surface area (TPSA) is 0 Å². The molecule has 0 fully saturated rings. The van der Waals surface area contributed by atoms with Crippen LogP contribution in [0.25, 0.3) is 0 Å². The molecule has 0 aromatic carbocycles. The van der Waals surface area contributed by atoms with E-state index in [9.17, 15) is 0 Å². The molecule has 0 amide bonds. The molecular weight excluding hydrogens is 206 g/mol. The van der Waals surface area contributed by atoms with Crippen molar-refractivity contribution in [2.45, 2.75) is 38.7 Å². The van der Waals surface area contributed by atoms with Crippen molar-refractivity contribution in [1.29, 1.82) is 0 Å². The Bertz CT molecular complexity index is 47.1. The predicted molar refractivity (Wildman–Crippen MR) is 43.1 cm³/mol. The van der Waals surface area contributed by atoms with Crippen molar-refractivity contribution < 1.29 is 0 Å². The van der Waals surface area contributed by atoms with Gasteiger partial charge in [-0.15, -0.1) is 0 Å². The average molecular weight is 224 g/mol. The Morgan fingerprint density at radius 3 is 1.12 bits per heavy atom. The average Bonchev–Trinajstić information content (AvgIpc) is 1.87. The zero-order valence-corrected chi connectivity index (χ0v) is 9.12. The quantitative estimate of drug-likeness (QED) is 0.646. The summed E-state index contributed by atoms with van der Waals surface area (Å²) in [7, 11) is 0. The molecule has 0 spiro atoms. The van der Waals surface area contributed by atoms with Gasteiger partial charge in [0.25, 0.3) is 0 Å². The fraction of sp³-hybridized carbons (Fsp3) is 1.00. The van der Waals surface area contributed by atoms with Gasteiger partial charge in [0.1, 0.15) is 0 Å². The molecule has 0 saturated carbocycles. The van der Waals surface area contributed by atoms with Gasteiger partial charge in [0.2, 0.25) is 0 Å². The molecular formula is C7H18Sb+. The van der Waals surface area contributed by atoms with Crippen molar-refractivity contribution in [3.8, 4) is 0 Å².